The smallest absolute Gasteiger partial charge is 0.0541 e. The van der Waals surface area contributed by atoms with Crippen molar-refractivity contribution in [1.82, 2.24) is 4.57 Å². The van der Waals surface area contributed by atoms with E-state index in [0.29, 0.717) is 0 Å². The van der Waals surface area contributed by atoms with Crippen LogP contribution in [0, 0.1) is 0 Å². The molecule has 58 heavy (non-hydrogen) atoms. The number of hydrogen-bond acceptors (Lipinski definition) is 1. The first kappa shape index (κ1) is 33.6. The summed E-state index contributed by atoms with van der Waals surface area (Å²) in [7, 11) is 0. The van der Waals surface area contributed by atoms with Crippen LogP contribution >= 0.6 is 0 Å². The molecule has 272 valence electrons. The SMILES string of the molecule is c1ccc(-c2c3ccccc3c(-c3ccccc3-n3c4ccccc4c4cc(-c5ccc(N(c6ccccc6)c6ccccc6)cc5)ccc43)c3ccccc23)cc1. The van der Waals surface area contributed by atoms with Crippen LogP contribution in [-0.4, -0.2) is 4.57 Å². The third-order valence-corrected chi connectivity index (χ3v) is 11.6. The molecule has 0 bridgehead atoms. The molecule has 0 saturated carbocycles. The first-order valence-corrected chi connectivity index (χ1v) is 19.9. The summed E-state index contributed by atoms with van der Waals surface area (Å²) in [6, 6.07) is 83.5. The van der Waals surface area contributed by atoms with Gasteiger partial charge in [0.1, 0.15) is 0 Å². The quantitative estimate of drug-likeness (QED) is 0.148. The zero-order valence-electron chi connectivity index (χ0n) is 31.8. The molecule has 0 fully saturated rings. The Morgan fingerprint density at radius 3 is 1.34 bits per heavy atom. The fourth-order valence-electron chi connectivity index (χ4n) is 9.03. The van der Waals surface area contributed by atoms with E-state index < -0.39 is 0 Å². The maximum absolute atomic E-state index is 2.47. The first-order valence-electron chi connectivity index (χ1n) is 19.9. The Bertz CT molecular complexity index is 3160. The molecule has 0 aliphatic rings. The molecule has 0 radical (unpaired) electrons. The minimum absolute atomic E-state index is 1.12. The van der Waals surface area contributed by atoms with Crippen LogP contribution in [0.3, 0.4) is 0 Å². The van der Waals surface area contributed by atoms with Crippen molar-refractivity contribution >= 4 is 60.4 Å². The van der Waals surface area contributed by atoms with Gasteiger partial charge in [-0.15, -0.1) is 0 Å². The van der Waals surface area contributed by atoms with Gasteiger partial charge in [-0.1, -0.05) is 170 Å². The van der Waals surface area contributed by atoms with E-state index in [9.17, 15) is 0 Å². The molecule has 2 nitrogen and oxygen atoms in total. The molecule has 0 amide bonds. The van der Waals surface area contributed by atoms with Crippen molar-refractivity contribution in [2.75, 3.05) is 4.90 Å². The summed E-state index contributed by atoms with van der Waals surface area (Å²) >= 11 is 0. The van der Waals surface area contributed by atoms with Gasteiger partial charge in [0.2, 0.25) is 0 Å². The van der Waals surface area contributed by atoms with Crippen LogP contribution in [-0.2, 0) is 0 Å². The van der Waals surface area contributed by atoms with E-state index in [0.717, 1.165) is 22.7 Å². The van der Waals surface area contributed by atoms with Gasteiger partial charge in [-0.05, 0) is 110 Å². The second-order valence-electron chi connectivity index (χ2n) is 14.9. The van der Waals surface area contributed by atoms with Gasteiger partial charge < -0.3 is 9.47 Å². The van der Waals surface area contributed by atoms with Gasteiger partial charge in [-0.25, -0.2) is 0 Å². The number of para-hydroxylation sites is 4. The number of hydrogen-bond donors (Lipinski definition) is 0. The summed E-state index contributed by atoms with van der Waals surface area (Å²) in [5, 5.41) is 7.47. The maximum atomic E-state index is 2.47. The topological polar surface area (TPSA) is 8.17 Å². The largest absolute Gasteiger partial charge is 0.311 e. The highest BCUT2D eigenvalue weighted by Gasteiger charge is 2.21. The normalized spacial score (nSPS) is 11.4. The highest BCUT2D eigenvalue weighted by atomic mass is 15.1. The molecule has 2 heteroatoms. The van der Waals surface area contributed by atoms with E-state index in [2.05, 4.69) is 240 Å². The highest BCUT2D eigenvalue weighted by Crippen LogP contribution is 2.46. The number of fused-ring (bicyclic) bond motifs is 5. The van der Waals surface area contributed by atoms with E-state index in [1.807, 2.05) is 0 Å². The standard InChI is InChI=1S/C56H38N2/c1-4-18-40(19-5-1)55-46-25-10-12-27-48(46)56(49-28-13-11-26-47(49)55)50-29-15-17-31-53(50)58-52-30-16-14-24-45(52)51-38-41(34-37-54(51)58)39-32-35-44(36-33-39)57(42-20-6-2-7-21-42)43-22-8-3-9-23-43/h1-38H. The lowest BCUT2D eigenvalue weighted by Crippen LogP contribution is -2.09. The van der Waals surface area contributed by atoms with Crippen LogP contribution in [0.1, 0.15) is 0 Å². The lowest BCUT2D eigenvalue weighted by Gasteiger charge is -2.25. The van der Waals surface area contributed by atoms with Crippen LogP contribution in [0.15, 0.2) is 231 Å². The second-order valence-corrected chi connectivity index (χ2v) is 14.9. The molecule has 0 atom stereocenters. The summed E-state index contributed by atoms with van der Waals surface area (Å²) in [4.78, 5) is 2.31. The average Bonchev–Trinajstić information content (AvgIpc) is 3.63. The van der Waals surface area contributed by atoms with Crippen molar-refractivity contribution in [2.45, 2.75) is 0 Å². The van der Waals surface area contributed by atoms with E-state index in [1.54, 1.807) is 0 Å². The predicted octanol–water partition coefficient (Wildman–Crippen LogP) is 15.6. The second kappa shape index (κ2) is 14.1. The Balaban J connectivity index is 1.08. The van der Waals surface area contributed by atoms with Crippen molar-refractivity contribution in [3.63, 3.8) is 0 Å². The van der Waals surface area contributed by atoms with Gasteiger partial charge in [-0.3, -0.25) is 0 Å². The number of benzene rings is 10. The molecule has 0 saturated heterocycles. The van der Waals surface area contributed by atoms with Crippen molar-refractivity contribution < 1.29 is 0 Å². The van der Waals surface area contributed by atoms with E-state index >= 15 is 0 Å². The summed E-state index contributed by atoms with van der Waals surface area (Å²) in [6.07, 6.45) is 0. The molecule has 1 heterocycles. The van der Waals surface area contributed by atoms with Gasteiger partial charge in [0.15, 0.2) is 0 Å². The lowest BCUT2D eigenvalue weighted by atomic mass is 9.85. The van der Waals surface area contributed by atoms with Gasteiger partial charge in [-0.2, -0.15) is 0 Å². The summed E-state index contributed by atoms with van der Waals surface area (Å²) < 4.78 is 2.47. The van der Waals surface area contributed by atoms with E-state index in [1.165, 1.54) is 76.7 Å². The van der Waals surface area contributed by atoms with Gasteiger partial charge in [0.05, 0.1) is 16.7 Å². The Morgan fingerprint density at radius 2 is 0.724 bits per heavy atom. The minimum atomic E-state index is 1.12. The minimum Gasteiger partial charge on any atom is -0.311 e. The Hall–Kier alpha value is -7.68. The van der Waals surface area contributed by atoms with Crippen molar-refractivity contribution in [3.05, 3.63) is 231 Å². The summed E-state index contributed by atoms with van der Waals surface area (Å²) in [6.45, 7) is 0. The molecular weight excluding hydrogens is 701 g/mol. The predicted molar refractivity (Wildman–Crippen MR) is 247 cm³/mol. The Morgan fingerprint density at radius 1 is 0.276 bits per heavy atom. The van der Waals surface area contributed by atoms with Gasteiger partial charge in [0.25, 0.3) is 0 Å². The number of anilines is 3. The maximum Gasteiger partial charge on any atom is 0.0541 e. The number of aromatic nitrogens is 1. The van der Waals surface area contributed by atoms with Crippen LogP contribution < -0.4 is 4.90 Å². The van der Waals surface area contributed by atoms with Crippen molar-refractivity contribution in [1.29, 1.82) is 0 Å². The Labute approximate surface area is 338 Å². The third kappa shape index (κ3) is 5.57. The van der Waals surface area contributed by atoms with Gasteiger partial charge >= 0.3 is 0 Å². The molecular formula is C56H38N2. The highest BCUT2D eigenvalue weighted by molar-refractivity contribution is 6.22. The molecule has 10 aromatic carbocycles. The monoisotopic (exact) mass is 738 g/mol. The number of nitrogens with zero attached hydrogens (tertiary/aromatic N) is 2. The fourth-order valence-corrected chi connectivity index (χ4v) is 9.03. The van der Waals surface area contributed by atoms with Crippen LogP contribution in [0.25, 0.3) is 82.4 Å². The van der Waals surface area contributed by atoms with Crippen molar-refractivity contribution in [3.8, 4) is 39.1 Å². The van der Waals surface area contributed by atoms with Crippen LogP contribution in [0.4, 0.5) is 17.1 Å². The summed E-state index contributed by atoms with van der Waals surface area (Å²) in [5.74, 6) is 0. The zero-order chi connectivity index (χ0) is 38.4. The lowest BCUT2D eigenvalue weighted by molar-refractivity contribution is 1.18. The third-order valence-electron chi connectivity index (χ3n) is 11.6. The molecule has 11 rings (SSSR count). The van der Waals surface area contributed by atoms with Gasteiger partial charge in [0, 0.05) is 33.4 Å². The Kier molecular flexibility index (Phi) is 8.19. The van der Waals surface area contributed by atoms with Crippen LogP contribution in [0.5, 0.6) is 0 Å². The van der Waals surface area contributed by atoms with Crippen molar-refractivity contribution in [2.24, 2.45) is 0 Å². The van der Waals surface area contributed by atoms with E-state index in [-0.39, 0.29) is 0 Å². The molecule has 0 unspecified atom stereocenters. The molecule has 0 spiro atoms. The van der Waals surface area contributed by atoms with E-state index in [4.69, 9.17) is 0 Å². The molecule has 1 aromatic heterocycles. The summed E-state index contributed by atoms with van der Waals surface area (Å²) in [5.41, 5.74) is 14.2. The average molecular weight is 739 g/mol. The zero-order valence-corrected chi connectivity index (χ0v) is 31.8. The molecule has 0 aliphatic carbocycles. The molecule has 0 aliphatic heterocycles. The molecule has 11 aromatic rings. The first-order chi connectivity index (χ1) is 28.8. The molecule has 0 N–H and O–H groups in total. The fraction of sp³-hybridized carbons (Fsp3) is 0. The van der Waals surface area contributed by atoms with Crippen LogP contribution in [0.2, 0.25) is 0 Å². The number of rotatable bonds is 7.